The molecule has 1 saturated heterocycles. The summed E-state index contributed by atoms with van der Waals surface area (Å²) >= 11 is 0. The molecule has 26 heavy (non-hydrogen) atoms. The molecule has 1 amide bonds. The van der Waals surface area contributed by atoms with Gasteiger partial charge < -0.3 is 19.7 Å². The maximum absolute atomic E-state index is 13.4. The average molecular weight is 381 g/mol. The first-order valence-corrected chi connectivity index (χ1v) is 7.28. The van der Waals surface area contributed by atoms with Crippen LogP contribution in [0.5, 0.6) is 5.75 Å². The molecule has 0 atom stereocenters. The third kappa shape index (κ3) is 3.60. The van der Waals surface area contributed by atoms with Crippen LogP contribution in [0.4, 0.5) is 0 Å². The smallest absolute Gasteiger partial charge is 0.269 e. The molecular formula is C18H26N4O4. The summed E-state index contributed by atoms with van der Waals surface area (Å²) in [6, 6.07) is -3.78. The predicted molar refractivity (Wildman–Crippen MR) is 97.6 cm³/mol. The molecule has 0 unspecified atom stereocenters. The largest absolute Gasteiger partial charge is 0.503 e. The molecule has 0 aromatic carbocycles. The zero-order chi connectivity index (χ0) is 34.4. The molecule has 1 fully saturated rings. The number of aromatic hydroxyl groups is 1. The Morgan fingerprint density at radius 3 is 3.04 bits per heavy atom. The number of hydrogen-bond donors (Lipinski definition) is 2. The topological polar surface area (TPSA) is 101 Å². The molecule has 0 radical (unpaired) electrons. The van der Waals surface area contributed by atoms with Crippen LogP contribution >= 0.6 is 0 Å². The standard InChI is InChI=1S/C18H26N4O4/c1-12(2)22-16-15(26-11-20-16)14(23)13(18(22)25)17(24)19-7-6-10-21-8-4-3-5-9-21/h11-12,23H,3-10H2,1-2H3,(H,19,24)/i1D3,2D3,3D2,4D2,5D2,8D2,9D2,12D/hD. The molecule has 2 N–H and O–H groups in total. The van der Waals surface area contributed by atoms with E-state index in [0.29, 0.717) is 6.39 Å². The van der Waals surface area contributed by atoms with E-state index in [9.17, 15) is 14.7 Å². The lowest BCUT2D eigenvalue weighted by Gasteiger charge is -2.26. The maximum atomic E-state index is 13.4. The number of nitrogens with zero attached hydrogens (tertiary/aromatic N) is 3. The number of hydrogen-bond acceptors (Lipinski definition) is 6. The van der Waals surface area contributed by atoms with Gasteiger partial charge in [-0.1, -0.05) is 6.37 Å². The number of likely N-dealkylation sites (tertiary alicyclic amines) is 1. The van der Waals surface area contributed by atoms with Crippen LogP contribution in [0, 0.1) is 0 Å². The molecule has 0 bridgehead atoms. The zero-order valence-corrected chi connectivity index (χ0v) is 13.2. The van der Waals surface area contributed by atoms with E-state index in [1.54, 1.807) is 0 Å². The molecular weight excluding hydrogens is 336 g/mol. The van der Waals surface area contributed by atoms with Gasteiger partial charge in [0.05, 0.1) is 1.37 Å². The van der Waals surface area contributed by atoms with Crippen molar-refractivity contribution in [3.63, 3.8) is 0 Å². The summed E-state index contributed by atoms with van der Waals surface area (Å²) in [5.41, 5.74) is -5.04. The number of fused-ring (bicyclic) bond motifs is 1. The van der Waals surface area contributed by atoms with Gasteiger partial charge in [-0.2, -0.15) is 4.98 Å². The van der Waals surface area contributed by atoms with Gasteiger partial charge in [-0.15, -0.1) is 0 Å². The quantitative estimate of drug-likeness (QED) is 0.794. The third-order valence-corrected chi connectivity index (χ3v) is 3.37. The van der Waals surface area contributed by atoms with E-state index in [1.807, 2.05) is 0 Å². The lowest BCUT2D eigenvalue weighted by atomic mass is 10.1. The molecule has 142 valence electrons. The van der Waals surface area contributed by atoms with Crippen LogP contribution in [0.1, 0.15) is 78.9 Å². The molecule has 2 aromatic rings. The van der Waals surface area contributed by atoms with Crippen LogP contribution in [0.2, 0.25) is 1.41 Å². The van der Waals surface area contributed by atoms with Crippen LogP contribution in [-0.4, -0.2) is 51.5 Å². The first-order valence-electron chi connectivity index (χ1n) is 16.2. The fourth-order valence-corrected chi connectivity index (χ4v) is 2.23. The molecule has 1 aliphatic heterocycles. The van der Waals surface area contributed by atoms with Gasteiger partial charge >= 0.3 is 0 Å². The molecule has 8 heteroatoms. The summed E-state index contributed by atoms with van der Waals surface area (Å²) in [4.78, 5) is 30.2. The van der Waals surface area contributed by atoms with Crippen molar-refractivity contribution in [1.82, 2.24) is 19.8 Å². The molecule has 3 heterocycles. The van der Waals surface area contributed by atoms with Crippen LogP contribution in [0.25, 0.3) is 11.2 Å². The Bertz CT molecular complexity index is 1470. The minimum atomic E-state index is -3.78. The Morgan fingerprint density at radius 2 is 2.31 bits per heavy atom. The molecule has 2 aromatic heterocycles. The number of carbonyl (C=O) groups is 1. The summed E-state index contributed by atoms with van der Waals surface area (Å²) in [6.07, 6.45) is -10.9. The van der Waals surface area contributed by atoms with Gasteiger partial charge in [-0.25, -0.2) is 0 Å². The van der Waals surface area contributed by atoms with Crippen LogP contribution in [-0.2, 0) is 0 Å². The molecule has 0 saturated carbocycles. The lowest BCUT2D eigenvalue weighted by molar-refractivity contribution is 0.0946. The predicted octanol–water partition coefficient (Wildman–Crippen LogP) is 1.88. The normalized spacial score (nSPS) is 36.9. The van der Waals surface area contributed by atoms with Crippen molar-refractivity contribution in [3.8, 4) is 5.75 Å². The van der Waals surface area contributed by atoms with E-state index < -0.39 is 105 Å². The molecule has 1 aliphatic rings. The van der Waals surface area contributed by atoms with Crippen LogP contribution in [0.3, 0.4) is 0 Å². The highest BCUT2D eigenvalue weighted by Crippen LogP contribution is 2.27. The van der Waals surface area contributed by atoms with Crippen molar-refractivity contribution >= 4 is 17.1 Å². The van der Waals surface area contributed by atoms with Gasteiger partial charge in [0, 0.05) is 34.5 Å². The number of pyridine rings is 1. The summed E-state index contributed by atoms with van der Waals surface area (Å²) < 4.78 is 147. The number of piperidine rings is 1. The van der Waals surface area contributed by atoms with E-state index in [4.69, 9.17) is 29.1 Å². The number of nitrogens with one attached hydrogen (secondary N) is 1. The third-order valence-electron chi connectivity index (χ3n) is 3.37. The van der Waals surface area contributed by atoms with E-state index in [2.05, 4.69) is 4.98 Å². The molecule has 3 rings (SSSR count). The number of oxazole rings is 1. The molecule has 8 nitrogen and oxygen atoms in total. The second kappa shape index (κ2) is 7.90. The second-order valence-electron chi connectivity index (χ2n) is 5.01. The Kier molecular flexibility index (Phi) is 1.94. The van der Waals surface area contributed by atoms with E-state index in [1.165, 1.54) is 0 Å². The highest BCUT2D eigenvalue weighted by molar-refractivity contribution is 6.00. The Balaban J connectivity index is 2.03. The maximum Gasteiger partial charge on any atom is 0.269 e. The first kappa shape index (κ1) is 6.37. The molecule has 0 aliphatic carbocycles. The van der Waals surface area contributed by atoms with Gasteiger partial charge in [0.25, 0.3) is 11.5 Å². The Hall–Kier alpha value is -2.35. The lowest BCUT2D eigenvalue weighted by Crippen LogP contribution is -2.36. The Labute approximate surface area is 177 Å². The average Bonchev–Trinajstić information content (AvgIpc) is 3.33. The SMILES string of the molecule is [2H]N(CCCN1C([2H])([2H])C([2H])([2H])C([2H])([2H])C([2H])([2H])C1([2H])[2H])C(=O)c1c(O)c2ocnc2n(C([2H])(C([2H])([2H])[2H])C([2H])([2H])[2H])c1=O. The van der Waals surface area contributed by atoms with Gasteiger partial charge in [0.15, 0.2) is 24.8 Å². The van der Waals surface area contributed by atoms with Crippen molar-refractivity contribution in [3.05, 3.63) is 22.3 Å². The number of amides is 1. The Morgan fingerprint density at radius 1 is 1.54 bits per heavy atom. The zero-order valence-electron chi connectivity index (χ0n) is 31.2. The number of carbonyl (C=O) groups excluding carboxylic acids is 1. The fraction of sp³-hybridized carbons (Fsp3) is 0.611. The summed E-state index contributed by atoms with van der Waals surface area (Å²) in [5, 5.41) is 10.6. The van der Waals surface area contributed by atoms with E-state index >= 15 is 0 Å². The van der Waals surface area contributed by atoms with Crippen LogP contribution in [0.15, 0.2) is 15.6 Å². The van der Waals surface area contributed by atoms with Crippen molar-refractivity contribution in [1.29, 1.82) is 0 Å². The highest BCUT2D eigenvalue weighted by atomic mass is 16.4. The fourth-order valence-electron chi connectivity index (χ4n) is 2.23. The second-order valence-corrected chi connectivity index (χ2v) is 5.01. The summed E-state index contributed by atoms with van der Waals surface area (Å²) in [5.74, 6) is -2.99. The minimum absolute atomic E-state index is 0.0447. The summed E-state index contributed by atoms with van der Waals surface area (Å²) in [7, 11) is 0. The monoisotopic (exact) mass is 380 g/mol. The first-order chi connectivity index (χ1) is 19.5. The van der Waals surface area contributed by atoms with E-state index in [0.717, 1.165) is 0 Å². The number of rotatable bonds is 6. The summed E-state index contributed by atoms with van der Waals surface area (Å²) in [6.45, 7) is -16.2. The number of aromatic nitrogens is 2. The van der Waals surface area contributed by atoms with Crippen molar-refractivity contribution < 1.29 is 39.0 Å². The van der Waals surface area contributed by atoms with Gasteiger partial charge in [0.1, 0.15) is 0 Å². The minimum Gasteiger partial charge on any atom is -0.503 e. The van der Waals surface area contributed by atoms with Gasteiger partial charge in [0.2, 0.25) is 5.58 Å². The van der Waals surface area contributed by atoms with Crippen molar-refractivity contribution in [2.24, 2.45) is 0 Å². The van der Waals surface area contributed by atoms with Crippen molar-refractivity contribution in [2.45, 2.75) is 45.3 Å². The van der Waals surface area contributed by atoms with Gasteiger partial charge in [-0.3, -0.25) is 14.2 Å². The van der Waals surface area contributed by atoms with Gasteiger partial charge in [-0.05, 0) is 52.4 Å². The highest BCUT2D eigenvalue weighted by Gasteiger charge is 2.25. The van der Waals surface area contributed by atoms with Crippen LogP contribution < -0.4 is 10.9 Å². The van der Waals surface area contributed by atoms with Crippen molar-refractivity contribution in [2.75, 3.05) is 26.1 Å². The molecule has 0 spiro atoms. The van der Waals surface area contributed by atoms with E-state index in [-0.39, 0.29) is 14.8 Å².